The van der Waals surface area contributed by atoms with Crippen molar-refractivity contribution in [2.45, 2.75) is 33.1 Å². The number of rotatable bonds is 7. The predicted molar refractivity (Wildman–Crippen MR) is 88.2 cm³/mol. The normalized spacial score (nSPS) is 15.9. The molecule has 1 fully saturated rings. The molecule has 0 radical (unpaired) electrons. The summed E-state index contributed by atoms with van der Waals surface area (Å²) in [5, 5.41) is 0. The lowest BCUT2D eigenvalue weighted by Crippen LogP contribution is -2.41. The van der Waals surface area contributed by atoms with Gasteiger partial charge in [0.15, 0.2) is 0 Å². The predicted octanol–water partition coefficient (Wildman–Crippen LogP) is 1.18. The Morgan fingerprint density at radius 2 is 1.81 bits per heavy atom. The van der Waals surface area contributed by atoms with Crippen LogP contribution >= 0.6 is 11.8 Å². The van der Waals surface area contributed by atoms with Crippen LogP contribution in [0, 0.1) is 5.41 Å². The van der Waals surface area contributed by atoms with E-state index in [-0.39, 0.29) is 17.2 Å². The molecule has 122 valence electrons. The fraction of sp³-hybridized carbons (Fsp3) is 0.867. The minimum absolute atomic E-state index is 0.0629. The molecule has 2 amide bonds. The Morgan fingerprint density at radius 3 is 2.38 bits per heavy atom. The molecule has 1 aliphatic rings. The second kappa shape index (κ2) is 8.63. The van der Waals surface area contributed by atoms with E-state index in [0.29, 0.717) is 24.6 Å². The van der Waals surface area contributed by atoms with Crippen LogP contribution < -0.4 is 5.73 Å². The van der Waals surface area contributed by atoms with Crippen LogP contribution in [-0.2, 0) is 9.59 Å². The first-order valence-electron chi connectivity index (χ1n) is 7.65. The van der Waals surface area contributed by atoms with E-state index in [4.69, 9.17) is 5.73 Å². The fourth-order valence-corrected chi connectivity index (χ4v) is 3.22. The van der Waals surface area contributed by atoms with Gasteiger partial charge in [0.05, 0.1) is 11.5 Å². The lowest BCUT2D eigenvalue weighted by atomic mass is 9.93. The molecule has 1 heterocycles. The average molecular weight is 315 g/mol. The van der Waals surface area contributed by atoms with Crippen LogP contribution in [0.25, 0.3) is 0 Å². The molecule has 6 heteroatoms. The molecule has 0 aromatic rings. The summed E-state index contributed by atoms with van der Waals surface area (Å²) in [7, 11) is 1.80. The van der Waals surface area contributed by atoms with Crippen molar-refractivity contribution in [2.24, 2.45) is 11.1 Å². The molecule has 1 rings (SSSR count). The first-order valence-corrected chi connectivity index (χ1v) is 8.81. The SMILES string of the molecule is CN(CC(C)(C)CN)C(=O)CSCC(=O)N1CCCCC1. The molecule has 0 unspecified atom stereocenters. The van der Waals surface area contributed by atoms with Gasteiger partial charge in [-0.15, -0.1) is 11.8 Å². The Morgan fingerprint density at radius 1 is 1.19 bits per heavy atom. The second-order valence-corrected chi connectivity index (χ2v) is 7.54. The van der Waals surface area contributed by atoms with E-state index in [2.05, 4.69) is 0 Å². The maximum absolute atomic E-state index is 12.0. The summed E-state index contributed by atoms with van der Waals surface area (Å²) in [6.07, 6.45) is 3.43. The molecule has 0 aliphatic carbocycles. The zero-order valence-corrected chi connectivity index (χ0v) is 14.4. The molecule has 0 spiro atoms. The highest BCUT2D eigenvalue weighted by Gasteiger charge is 2.22. The summed E-state index contributed by atoms with van der Waals surface area (Å²) in [4.78, 5) is 27.7. The van der Waals surface area contributed by atoms with E-state index in [9.17, 15) is 9.59 Å². The number of hydrogen-bond donors (Lipinski definition) is 1. The molecule has 0 aromatic carbocycles. The minimum Gasteiger partial charge on any atom is -0.344 e. The Hall–Kier alpha value is -0.750. The second-order valence-electron chi connectivity index (χ2n) is 6.55. The topological polar surface area (TPSA) is 66.6 Å². The number of nitrogens with zero attached hydrogens (tertiary/aromatic N) is 2. The van der Waals surface area contributed by atoms with E-state index < -0.39 is 0 Å². The fourth-order valence-electron chi connectivity index (χ4n) is 2.37. The summed E-state index contributed by atoms with van der Waals surface area (Å²) in [5.74, 6) is 0.988. The van der Waals surface area contributed by atoms with E-state index in [0.717, 1.165) is 25.9 Å². The van der Waals surface area contributed by atoms with Crippen LogP contribution in [-0.4, -0.2) is 66.3 Å². The van der Waals surface area contributed by atoms with Gasteiger partial charge in [0.1, 0.15) is 0 Å². The molecule has 2 N–H and O–H groups in total. The number of amides is 2. The van der Waals surface area contributed by atoms with Crippen molar-refractivity contribution in [3.63, 3.8) is 0 Å². The lowest BCUT2D eigenvalue weighted by molar-refractivity contribution is -0.129. The molecular formula is C15H29N3O2S. The van der Waals surface area contributed by atoms with Crippen molar-refractivity contribution in [1.82, 2.24) is 9.80 Å². The number of hydrogen-bond acceptors (Lipinski definition) is 4. The number of likely N-dealkylation sites (tertiary alicyclic amines) is 1. The van der Waals surface area contributed by atoms with Crippen molar-refractivity contribution in [3.8, 4) is 0 Å². The van der Waals surface area contributed by atoms with E-state index >= 15 is 0 Å². The molecule has 5 nitrogen and oxygen atoms in total. The molecular weight excluding hydrogens is 286 g/mol. The van der Waals surface area contributed by atoms with Gasteiger partial charge in [-0.3, -0.25) is 9.59 Å². The van der Waals surface area contributed by atoms with Crippen LogP contribution in [0.1, 0.15) is 33.1 Å². The summed E-state index contributed by atoms with van der Waals surface area (Å²) >= 11 is 1.41. The van der Waals surface area contributed by atoms with Gasteiger partial charge in [-0.05, 0) is 31.2 Å². The van der Waals surface area contributed by atoms with Gasteiger partial charge in [-0.1, -0.05) is 13.8 Å². The molecule has 0 atom stereocenters. The van der Waals surface area contributed by atoms with Crippen LogP contribution in [0.5, 0.6) is 0 Å². The van der Waals surface area contributed by atoms with Crippen molar-refractivity contribution >= 4 is 23.6 Å². The zero-order chi connectivity index (χ0) is 15.9. The largest absolute Gasteiger partial charge is 0.344 e. The molecule has 0 bridgehead atoms. The van der Waals surface area contributed by atoms with Crippen molar-refractivity contribution in [3.05, 3.63) is 0 Å². The maximum atomic E-state index is 12.0. The van der Waals surface area contributed by atoms with Crippen molar-refractivity contribution < 1.29 is 9.59 Å². The average Bonchev–Trinajstić information content (AvgIpc) is 2.47. The van der Waals surface area contributed by atoms with Crippen molar-refractivity contribution in [2.75, 3.05) is 44.7 Å². The van der Waals surface area contributed by atoms with E-state index in [1.54, 1.807) is 11.9 Å². The third kappa shape index (κ3) is 6.70. The zero-order valence-electron chi connectivity index (χ0n) is 13.6. The quantitative estimate of drug-likeness (QED) is 0.766. The van der Waals surface area contributed by atoms with Gasteiger partial charge in [0.25, 0.3) is 0 Å². The van der Waals surface area contributed by atoms with E-state index in [1.807, 2.05) is 18.7 Å². The summed E-state index contributed by atoms with van der Waals surface area (Å²) in [5.41, 5.74) is 5.61. The van der Waals surface area contributed by atoms with Gasteiger partial charge in [-0.25, -0.2) is 0 Å². The van der Waals surface area contributed by atoms with Gasteiger partial charge >= 0.3 is 0 Å². The number of nitrogens with two attached hydrogens (primary N) is 1. The minimum atomic E-state index is -0.0707. The van der Waals surface area contributed by atoms with Gasteiger partial charge in [0.2, 0.25) is 11.8 Å². The third-order valence-electron chi connectivity index (χ3n) is 3.80. The summed E-state index contributed by atoms with van der Waals surface area (Å²) < 4.78 is 0. The lowest BCUT2D eigenvalue weighted by Gasteiger charge is -2.29. The first-order chi connectivity index (χ1) is 9.85. The molecule has 1 aliphatic heterocycles. The molecule has 0 aromatic heterocycles. The Balaban J connectivity index is 2.24. The van der Waals surface area contributed by atoms with Crippen LogP contribution in [0.3, 0.4) is 0 Å². The summed E-state index contributed by atoms with van der Waals surface area (Å²) in [6, 6.07) is 0. The standard InChI is InChI=1S/C15H29N3O2S/c1-15(2,11-16)12-17(3)13(19)9-21-10-14(20)18-7-5-4-6-8-18/h4-12,16H2,1-3H3. The number of thioether (sulfide) groups is 1. The molecule has 21 heavy (non-hydrogen) atoms. The first kappa shape index (κ1) is 18.3. The summed E-state index contributed by atoms with van der Waals surface area (Å²) in [6.45, 7) is 7.03. The van der Waals surface area contributed by atoms with Gasteiger partial charge in [0, 0.05) is 26.7 Å². The maximum Gasteiger partial charge on any atom is 0.232 e. The van der Waals surface area contributed by atoms with Gasteiger partial charge in [-0.2, -0.15) is 0 Å². The highest BCUT2D eigenvalue weighted by atomic mass is 32.2. The van der Waals surface area contributed by atoms with Crippen LogP contribution in [0.4, 0.5) is 0 Å². The van der Waals surface area contributed by atoms with Crippen molar-refractivity contribution in [1.29, 1.82) is 0 Å². The Kier molecular flexibility index (Phi) is 7.52. The smallest absolute Gasteiger partial charge is 0.232 e. The number of carbonyl (C=O) groups excluding carboxylic acids is 2. The van der Waals surface area contributed by atoms with Gasteiger partial charge < -0.3 is 15.5 Å². The third-order valence-corrected chi connectivity index (χ3v) is 4.71. The van der Waals surface area contributed by atoms with Crippen LogP contribution in [0.15, 0.2) is 0 Å². The Bertz CT molecular complexity index is 355. The monoisotopic (exact) mass is 315 g/mol. The molecule has 0 saturated carbocycles. The number of piperidine rings is 1. The highest BCUT2D eigenvalue weighted by Crippen LogP contribution is 2.15. The highest BCUT2D eigenvalue weighted by molar-refractivity contribution is 8.00. The van der Waals surface area contributed by atoms with E-state index in [1.165, 1.54) is 18.2 Å². The molecule has 1 saturated heterocycles. The van der Waals surface area contributed by atoms with Crippen LogP contribution in [0.2, 0.25) is 0 Å². The number of carbonyl (C=O) groups is 2. The Labute approximate surface area is 132 Å².